The molecule has 1 aliphatic rings. The summed E-state index contributed by atoms with van der Waals surface area (Å²) in [6.45, 7) is 4.03. The Labute approximate surface area is 133 Å². The quantitative estimate of drug-likeness (QED) is 0.601. The molecule has 0 radical (unpaired) electrons. The Balaban J connectivity index is 1.93. The van der Waals surface area contributed by atoms with Gasteiger partial charge < -0.3 is 15.5 Å². The molecule has 4 rings (SSSR count). The number of aromatic nitrogens is 2. The summed E-state index contributed by atoms with van der Waals surface area (Å²) in [7, 11) is 0. The smallest absolute Gasteiger partial charge is 0.157 e. The fraction of sp³-hybridized carbons (Fsp3) is 0.167. The lowest BCUT2D eigenvalue weighted by molar-refractivity contribution is 0.402. The SMILES string of the molecule is Cc1cc2n(n1)[C@H](c1ccc(O)c(O)c1)Nc1c(C)cccc1-2. The third-order valence-corrected chi connectivity index (χ3v) is 4.25. The maximum atomic E-state index is 9.83. The molecule has 0 aliphatic carbocycles. The van der Waals surface area contributed by atoms with Gasteiger partial charge in [0.2, 0.25) is 0 Å². The van der Waals surface area contributed by atoms with Crippen LogP contribution in [0.5, 0.6) is 11.5 Å². The van der Waals surface area contributed by atoms with Crippen LogP contribution in [0.1, 0.15) is 23.0 Å². The fourth-order valence-corrected chi connectivity index (χ4v) is 3.12. The number of phenolic OH excluding ortho intramolecular Hbond substituents is 2. The highest BCUT2D eigenvalue weighted by Crippen LogP contribution is 2.41. The van der Waals surface area contributed by atoms with Gasteiger partial charge in [-0.3, -0.25) is 0 Å². The summed E-state index contributed by atoms with van der Waals surface area (Å²) in [4.78, 5) is 0. The molecule has 5 heteroatoms. The molecule has 2 aromatic carbocycles. The highest BCUT2D eigenvalue weighted by Gasteiger charge is 2.27. The second-order valence-corrected chi connectivity index (χ2v) is 5.91. The number of rotatable bonds is 1. The predicted molar refractivity (Wildman–Crippen MR) is 88.7 cm³/mol. The van der Waals surface area contributed by atoms with Crippen molar-refractivity contribution < 1.29 is 10.2 Å². The van der Waals surface area contributed by atoms with Gasteiger partial charge in [-0.25, -0.2) is 4.68 Å². The maximum absolute atomic E-state index is 9.83. The van der Waals surface area contributed by atoms with E-state index >= 15 is 0 Å². The molecule has 0 unspecified atom stereocenters. The second kappa shape index (κ2) is 4.78. The van der Waals surface area contributed by atoms with Gasteiger partial charge >= 0.3 is 0 Å². The third kappa shape index (κ3) is 2.04. The number of para-hydroxylation sites is 1. The fourth-order valence-electron chi connectivity index (χ4n) is 3.12. The van der Waals surface area contributed by atoms with Crippen molar-refractivity contribution in [3.8, 4) is 22.8 Å². The number of phenols is 2. The van der Waals surface area contributed by atoms with E-state index in [2.05, 4.69) is 35.5 Å². The lowest BCUT2D eigenvalue weighted by Gasteiger charge is -2.30. The number of fused-ring (bicyclic) bond motifs is 3. The topological polar surface area (TPSA) is 70.3 Å². The average molecular weight is 307 g/mol. The first kappa shape index (κ1) is 13.7. The molecule has 0 fully saturated rings. The Morgan fingerprint density at radius 3 is 2.65 bits per heavy atom. The molecule has 1 atom stereocenters. The first-order chi connectivity index (χ1) is 11.0. The van der Waals surface area contributed by atoms with E-state index in [-0.39, 0.29) is 17.7 Å². The lowest BCUT2D eigenvalue weighted by atomic mass is 10.0. The summed E-state index contributed by atoms with van der Waals surface area (Å²) in [5.41, 5.74) is 6.14. The number of nitrogens with one attached hydrogen (secondary N) is 1. The number of aromatic hydroxyl groups is 2. The van der Waals surface area contributed by atoms with Gasteiger partial charge in [-0.1, -0.05) is 24.3 Å². The number of aryl methyl sites for hydroxylation is 2. The number of anilines is 1. The largest absolute Gasteiger partial charge is 0.504 e. The van der Waals surface area contributed by atoms with Crippen LogP contribution in [0.15, 0.2) is 42.5 Å². The summed E-state index contributed by atoms with van der Waals surface area (Å²) in [5, 5.41) is 27.5. The van der Waals surface area contributed by atoms with Crippen molar-refractivity contribution in [3.05, 3.63) is 59.3 Å². The van der Waals surface area contributed by atoms with Crippen LogP contribution in [0.25, 0.3) is 11.3 Å². The van der Waals surface area contributed by atoms with E-state index < -0.39 is 0 Å². The minimum Gasteiger partial charge on any atom is -0.504 e. The van der Waals surface area contributed by atoms with Crippen LogP contribution >= 0.6 is 0 Å². The highest BCUT2D eigenvalue weighted by molar-refractivity contribution is 5.81. The highest BCUT2D eigenvalue weighted by atomic mass is 16.3. The molecule has 0 saturated heterocycles. The van der Waals surface area contributed by atoms with Gasteiger partial charge in [0.05, 0.1) is 11.4 Å². The van der Waals surface area contributed by atoms with Crippen LogP contribution in [-0.2, 0) is 0 Å². The summed E-state index contributed by atoms with van der Waals surface area (Å²) >= 11 is 0. The maximum Gasteiger partial charge on any atom is 0.157 e. The molecule has 116 valence electrons. The van der Waals surface area contributed by atoms with Crippen molar-refractivity contribution >= 4 is 5.69 Å². The number of hydrogen-bond acceptors (Lipinski definition) is 4. The summed E-state index contributed by atoms with van der Waals surface area (Å²) < 4.78 is 1.92. The van der Waals surface area contributed by atoms with E-state index in [0.29, 0.717) is 0 Å². The molecular formula is C18H17N3O2. The van der Waals surface area contributed by atoms with E-state index in [1.807, 2.05) is 17.7 Å². The lowest BCUT2D eigenvalue weighted by Crippen LogP contribution is -2.26. The summed E-state index contributed by atoms with van der Waals surface area (Å²) in [6.07, 6.45) is -0.237. The first-order valence-corrected chi connectivity index (χ1v) is 7.49. The Kier molecular flexibility index (Phi) is 2.84. The molecule has 3 N–H and O–H groups in total. The molecule has 2 heterocycles. The molecular weight excluding hydrogens is 290 g/mol. The predicted octanol–water partition coefficient (Wildman–Crippen LogP) is 3.55. The first-order valence-electron chi connectivity index (χ1n) is 7.49. The molecule has 0 saturated carbocycles. The molecule has 0 bridgehead atoms. The van der Waals surface area contributed by atoms with Crippen LogP contribution in [-0.4, -0.2) is 20.0 Å². The average Bonchev–Trinajstić information content (AvgIpc) is 2.91. The van der Waals surface area contributed by atoms with Gasteiger partial charge in [0.25, 0.3) is 0 Å². The van der Waals surface area contributed by atoms with Crippen molar-refractivity contribution in [1.82, 2.24) is 9.78 Å². The van der Waals surface area contributed by atoms with Gasteiger partial charge in [-0.05, 0) is 37.6 Å². The standard InChI is InChI=1S/C18H17N3O2/c1-10-4-3-5-13-14-8-11(2)20-21(14)18(19-17(10)13)12-6-7-15(22)16(23)9-12/h3-9,18-19,22-23H,1-2H3/t18-/m1/s1. The van der Waals surface area contributed by atoms with Crippen LogP contribution in [0, 0.1) is 13.8 Å². The van der Waals surface area contributed by atoms with Crippen molar-refractivity contribution in [3.63, 3.8) is 0 Å². The Morgan fingerprint density at radius 1 is 1.04 bits per heavy atom. The van der Waals surface area contributed by atoms with E-state index in [1.165, 1.54) is 6.07 Å². The number of benzene rings is 2. The van der Waals surface area contributed by atoms with Crippen molar-refractivity contribution in [1.29, 1.82) is 0 Å². The zero-order valence-electron chi connectivity index (χ0n) is 12.9. The molecule has 0 amide bonds. The van der Waals surface area contributed by atoms with Crippen LogP contribution < -0.4 is 5.32 Å². The normalized spacial score (nSPS) is 15.7. The van der Waals surface area contributed by atoms with Crippen molar-refractivity contribution in [2.75, 3.05) is 5.32 Å². The van der Waals surface area contributed by atoms with Gasteiger partial charge in [0.15, 0.2) is 11.5 Å². The van der Waals surface area contributed by atoms with Gasteiger partial charge in [-0.2, -0.15) is 5.10 Å². The summed E-state index contributed by atoms with van der Waals surface area (Å²) in [5.74, 6) is -0.261. The Hall–Kier alpha value is -2.95. The molecule has 1 aromatic heterocycles. The number of hydrogen-bond donors (Lipinski definition) is 3. The molecule has 23 heavy (non-hydrogen) atoms. The van der Waals surface area contributed by atoms with Crippen LogP contribution in [0.4, 0.5) is 5.69 Å². The summed E-state index contributed by atoms with van der Waals surface area (Å²) in [6, 6.07) is 13.1. The van der Waals surface area contributed by atoms with Gasteiger partial charge in [0, 0.05) is 16.8 Å². The van der Waals surface area contributed by atoms with E-state index in [9.17, 15) is 10.2 Å². The van der Waals surface area contributed by atoms with Gasteiger partial charge in [0.1, 0.15) is 6.17 Å². The Bertz CT molecular complexity index is 915. The van der Waals surface area contributed by atoms with Crippen molar-refractivity contribution in [2.24, 2.45) is 0 Å². The third-order valence-electron chi connectivity index (χ3n) is 4.25. The molecule has 5 nitrogen and oxygen atoms in total. The van der Waals surface area contributed by atoms with E-state index in [0.717, 1.165) is 33.8 Å². The molecule has 3 aromatic rings. The van der Waals surface area contributed by atoms with E-state index in [4.69, 9.17) is 0 Å². The molecule has 1 aliphatic heterocycles. The van der Waals surface area contributed by atoms with Crippen LogP contribution in [0.2, 0.25) is 0 Å². The zero-order valence-corrected chi connectivity index (χ0v) is 12.9. The van der Waals surface area contributed by atoms with Crippen molar-refractivity contribution in [2.45, 2.75) is 20.0 Å². The number of nitrogens with zero attached hydrogens (tertiary/aromatic N) is 2. The van der Waals surface area contributed by atoms with Gasteiger partial charge in [-0.15, -0.1) is 0 Å². The van der Waals surface area contributed by atoms with Crippen LogP contribution in [0.3, 0.4) is 0 Å². The Morgan fingerprint density at radius 2 is 1.87 bits per heavy atom. The minimum atomic E-state index is -0.237. The monoisotopic (exact) mass is 307 g/mol. The minimum absolute atomic E-state index is 0.127. The zero-order chi connectivity index (χ0) is 16.1. The second-order valence-electron chi connectivity index (χ2n) is 5.91. The van der Waals surface area contributed by atoms with E-state index in [1.54, 1.807) is 12.1 Å². The molecule has 0 spiro atoms.